The molecule has 5 aromatic rings. The largest absolute Gasteiger partial charge is 0.345 e. The van der Waals surface area contributed by atoms with E-state index in [1.165, 1.54) is 17.7 Å². The van der Waals surface area contributed by atoms with Gasteiger partial charge in [-0.1, -0.05) is 78.9 Å². The molecule has 1 aliphatic carbocycles. The minimum Gasteiger partial charge on any atom is -0.345 e. The lowest BCUT2D eigenvalue weighted by atomic mass is 9.98. The van der Waals surface area contributed by atoms with E-state index in [1.807, 2.05) is 60.7 Å². The normalized spacial score (nSPS) is 16.4. The fourth-order valence-electron chi connectivity index (χ4n) is 6.78. The van der Waals surface area contributed by atoms with Gasteiger partial charge in [0.2, 0.25) is 0 Å². The van der Waals surface area contributed by atoms with Crippen molar-refractivity contribution in [2.75, 3.05) is 32.7 Å². The Labute approximate surface area is 269 Å². The number of amides is 1. The SMILES string of the molecule is O=C(NC(c1cccc(F)c1)C1CC1)c1c(CN2CCN(CCc3ccccc3)CC2)n(-c2ccccc2)c(=O)c2ccccc12. The average molecular weight is 615 g/mol. The summed E-state index contributed by atoms with van der Waals surface area (Å²) < 4.78 is 16.0. The summed E-state index contributed by atoms with van der Waals surface area (Å²) >= 11 is 0. The maximum Gasteiger partial charge on any atom is 0.263 e. The summed E-state index contributed by atoms with van der Waals surface area (Å²) in [5, 5.41) is 4.44. The van der Waals surface area contributed by atoms with E-state index in [-0.39, 0.29) is 29.2 Å². The van der Waals surface area contributed by atoms with E-state index in [2.05, 4.69) is 39.4 Å². The van der Waals surface area contributed by atoms with Crippen molar-refractivity contribution in [3.05, 3.63) is 148 Å². The van der Waals surface area contributed by atoms with Crippen LogP contribution in [0.3, 0.4) is 0 Å². The first-order valence-electron chi connectivity index (χ1n) is 16.3. The second-order valence-electron chi connectivity index (χ2n) is 12.5. The summed E-state index contributed by atoms with van der Waals surface area (Å²) in [5.74, 6) is -0.299. The molecule has 7 rings (SSSR count). The molecule has 234 valence electrons. The van der Waals surface area contributed by atoms with Crippen LogP contribution in [0.15, 0.2) is 114 Å². The third-order valence-electron chi connectivity index (χ3n) is 9.42. The standard InChI is InChI=1S/C39H39FN4O2/c40-31-13-9-12-30(26-31)37(29-18-19-29)41-38(45)36-33-16-7-8-17-34(33)39(46)44(32-14-5-2-6-15-32)35(36)27-43-24-22-42(23-25-43)21-20-28-10-3-1-4-11-28/h1-17,26,29,37H,18-25,27H2,(H,41,45). The first kappa shape index (κ1) is 30.1. The van der Waals surface area contributed by atoms with Gasteiger partial charge in [0.25, 0.3) is 11.5 Å². The topological polar surface area (TPSA) is 57.6 Å². The molecule has 1 saturated carbocycles. The van der Waals surface area contributed by atoms with E-state index in [4.69, 9.17) is 0 Å². The smallest absolute Gasteiger partial charge is 0.263 e. The number of carbonyl (C=O) groups excluding carboxylic acids is 1. The number of aromatic nitrogens is 1. The molecular weight excluding hydrogens is 575 g/mol. The number of nitrogens with one attached hydrogen (secondary N) is 1. The first-order chi connectivity index (χ1) is 22.5. The Balaban J connectivity index is 1.24. The van der Waals surface area contributed by atoms with Gasteiger partial charge in [0.15, 0.2) is 0 Å². The molecule has 2 fully saturated rings. The summed E-state index contributed by atoms with van der Waals surface area (Å²) in [7, 11) is 0. The minimum atomic E-state index is -0.316. The van der Waals surface area contributed by atoms with E-state index >= 15 is 0 Å². The van der Waals surface area contributed by atoms with Crippen LogP contribution in [-0.2, 0) is 13.0 Å². The van der Waals surface area contributed by atoms with Crippen molar-refractivity contribution < 1.29 is 9.18 Å². The van der Waals surface area contributed by atoms with Gasteiger partial charge in [-0.25, -0.2) is 4.39 Å². The van der Waals surface area contributed by atoms with Gasteiger partial charge < -0.3 is 10.2 Å². The number of hydrogen-bond donors (Lipinski definition) is 1. The van der Waals surface area contributed by atoms with Crippen LogP contribution in [0.4, 0.5) is 4.39 Å². The molecule has 1 N–H and O–H groups in total. The molecule has 0 bridgehead atoms. The van der Waals surface area contributed by atoms with Gasteiger partial charge in [-0.3, -0.25) is 19.1 Å². The molecule has 1 atom stereocenters. The van der Waals surface area contributed by atoms with Crippen molar-refractivity contribution in [1.82, 2.24) is 19.7 Å². The van der Waals surface area contributed by atoms with Crippen molar-refractivity contribution >= 4 is 16.7 Å². The number of fused-ring (bicyclic) bond motifs is 1. The predicted octanol–water partition coefficient (Wildman–Crippen LogP) is 6.37. The van der Waals surface area contributed by atoms with Crippen molar-refractivity contribution in [2.24, 2.45) is 5.92 Å². The lowest BCUT2D eigenvalue weighted by molar-refractivity contribution is 0.0927. The number of rotatable bonds is 10. The Kier molecular flexibility index (Phi) is 8.77. The zero-order chi connectivity index (χ0) is 31.5. The molecule has 4 aromatic carbocycles. The van der Waals surface area contributed by atoms with Gasteiger partial charge in [-0.05, 0) is 66.6 Å². The molecule has 0 spiro atoms. The van der Waals surface area contributed by atoms with Gasteiger partial charge in [-0.15, -0.1) is 0 Å². The van der Waals surface area contributed by atoms with Gasteiger partial charge in [0.05, 0.1) is 17.3 Å². The third-order valence-corrected chi connectivity index (χ3v) is 9.42. The molecular formula is C39H39FN4O2. The second-order valence-corrected chi connectivity index (χ2v) is 12.5. The lowest BCUT2D eigenvalue weighted by Crippen LogP contribution is -2.47. The Morgan fingerprint density at radius 2 is 1.43 bits per heavy atom. The minimum absolute atomic E-state index is 0.140. The molecule has 0 radical (unpaired) electrons. The molecule has 1 unspecified atom stereocenters. The highest BCUT2D eigenvalue weighted by Gasteiger charge is 2.35. The van der Waals surface area contributed by atoms with E-state index in [0.717, 1.165) is 63.2 Å². The lowest BCUT2D eigenvalue weighted by Gasteiger charge is -2.35. The van der Waals surface area contributed by atoms with Crippen LogP contribution in [0.25, 0.3) is 16.5 Å². The molecule has 1 aromatic heterocycles. The monoisotopic (exact) mass is 614 g/mol. The van der Waals surface area contributed by atoms with E-state index in [1.54, 1.807) is 16.7 Å². The Morgan fingerprint density at radius 1 is 0.783 bits per heavy atom. The van der Waals surface area contributed by atoms with E-state index < -0.39 is 0 Å². The Morgan fingerprint density at radius 3 is 2.13 bits per heavy atom. The quantitative estimate of drug-likeness (QED) is 0.199. The average Bonchev–Trinajstić information content (AvgIpc) is 3.94. The zero-order valence-corrected chi connectivity index (χ0v) is 25.9. The molecule has 1 saturated heterocycles. The number of hydrogen-bond acceptors (Lipinski definition) is 4. The summed E-state index contributed by atoms with van der Waals surface area (Å²) in [4.78, 5) is 33.6. The van der Waals surface area contributed by atoms with Crippen molar-refractivity contribution in [1.29, 1.82) is 0 Å². The van der Waals surface area contributed by atoms with Crippen LogP contribution < -0.4 is 10.9 Å². The van der Waals surface area contributed by atoms with Crippen LogP contribution >= 0.6 is 0 Å². The maximum absolute atomic E-state index is 14.5. The summed E-state index contributed by atoms with van der Waals surface area (Å²) in [5.41, 5.74) is 3.88. The fraction of sp³-hybridized carbons (Fsp3) is 0.282. The van der Waals surface area contributed by atoms with Crippen molar-refractivity contribution in [3.8, 4) is 5.69 Å². The molecule has 1 amide bonds. The van der Waals surface area contributed by atoms with Gasteiger partial charge >= 0.3 is 0 Å². The highest BCUT2D eigenvalue weighted by Crippen LogP contribution is 2.41. The number of nitrogens with zero attached hydrogens (tertiary/aromatic N) is 3. The van der Waals surface area contributed by atoms with Gasteiger partial charge in [0, 0.05) is 55.7 Å². The first-order valence-corrected chi connectivity index (χ1v) is 16.3. The molecule has 2 aliphatic rings. The van der Waals surface area contributed by atoms with E-state index in [0.29, 0.717) is 28.6 Å². The third kappa shape index (κ3) is 6.52. The van der Waals surface area contributed by atoms with Crippen LogP contribution in [0.5, 0.6) is 0 Å². The van der Waals surface area contributed by atoms with E-state index in [9.17, 15) is 14.0 Å². The van der Waals surface area contributed by atoms with Crippen LogP contribution in [0.1, 0.15) is 46.1 Å². The number of piperazine rings is 1. The number of carbonyl (C=O) groups is 1. The molecule has 6 nitrogen and oxygen atoms in total. The predicted molar refractivity (Wildman–Crippen MR) is 181 cm³/mol. The summed E-state index contributed by atoms with van der Waals surface area (Å²) in [6.07, 6.45) is 2.97. The van der Waals surface area contributed by atoms with Gasteiger partial charge in [-0.2, -0.15) is 0 Å². The Bertz CT molecular complexity index is 1880. The highest BCUT2D eigenvalue weighted by atomic mass is 19.1. The maximum atomic E-state index is 14.5. The van der Waals surface area contributed by atoms with Crippen LogP contribution in [-0.4, -0.2) is 53.0 Å². The number of halogens is 1. The molecule has 7 heteroatoms. The highest BCUT2D eigenvalue weighted by molar-refractivity contribution is 6.08. The number of benzene rings is 4. The Hall–Kier alpha value is -4.59. The van der Waals surface area contributed by atoms with Crippen LogP contribution in [0.2, 0.25) is 0 Å². The number of para-hydroxylation sites is 1. The zero-order valence-electron chi connectivity index (χ0n) is 25.9. The number of pyridine rings is 1. The van der Waals surface area contributed by atoms with Crippen LogP contribution in [0, 0.1) is 11.7 Å². The second kappa shape index (κ2) is 13.4. The van der Waals surface area contributed by atoms with Crippen molar-refractivity contribution in [3.63, 3.8) is 0 Å². The summed E-state index contributed by atoms with van der Waals surface area (Å²) in [6, 6.07) is 33.8. The molecule has 2 heterocycles. The molecule has 46 heavy (non-hydrogen) atoms. The van der Waals surface area contributed by atoms with Gasteiger partial charge in [0.1, 0.15) is 5.82 Å². The summed E-state index contributed by atoms with van der Waals surface area (Å²) in [6.45, 7) is 4.96. The van der Waals surface area contributed by atoms with Crippen molar-refractivity contribution in [2.45, 2.75) is 31.8 Å². The fourth-order valence-corrected chi connectivity index (χ4v) is 6.78. The molecule has 1 aliphatic heterocycles.